The highest BCUT2D eigenvalue weighted by atomic mass is 35.5. The molecule has 0 unspecified atom stereocenters. The van der Waals surface area contributed by atoms with E-state index in [1.807, 2.05) is 0 Å². The summed E-state index contributed by atoms with van der Waals surface area (Å²) in [5.41, 5.74) is 0.409. The smallest absolute Gasteiger partial charge is 0.256 e. The van der Waals surface area contributed by atoms with Crippen molar-refractivity contribution in [1.29, 1.82) is 0 Å². The molecule has 0 aliphatic heterocycles. The molecule has 0 radical (unpaired) electrons. The van der Waals surface area contributed by atoms with Gasteiger partial charge >= 0.3 is 6.18 Å². The summed E-state index contributed by atoms with van der Waals surface area (Å²) in [6.07, 6.45) is -2.82. The summed E-state index contributed by atoms with van der Waals surface area (Å²) in [5, 5.41) is 0.646. The van der Waals surface area contributed by atoms with E-state index in [0.29, 0.717) is 21.5 Å². The highest BCUT2D eigenvalue weighted by Crippen LogP contribution is 2.33. The van der Waals surface area contributed by atoms with E-state index in [-0.39, 0.29) is 0 Å². The number of aryl methyl sites for hydroxylation is 1. The molecule has 0 atom stereocenters. The van der Waals surface area contributed by atoms with Crippen LogP contribution in [-0.4, -0.2) is 4.98 Å². The second kappa shape index (κ2) is 3.63. The number of hydrogen-bond acceptors (Lipinski definition) is 1. The van der Waals surface area contributed by atoms with E-state index in [2.05, 4.69) is 4.98 Å². The van der Waals surface area contributed by atoms with Crippen LogP contribution in [0.15, 0.2) is 24.4 Å². The minimum Gasteiger partial charge on any atom is -0.256 e. The Kier molecular flexibility index (Phi) is 2.54. The second-order valence-corrected chi connectivity index (χ2v) is 3.86. The van der Waals surface area contributed by atoms with Crippen LogP contribution in [-0.2, 0) is 6.18 Å². The Balaban J connectivity index is 2.74. The number of pyridine rings is 1. The second-order valence-electron chi connectivity index (χ2n) is 3.48. The predicted molar refractivity (Wildman–Crippen MR) is 56.5 cm³/mol. The van der Waals surface area contributed by atoms with Crippen molar-refractivity contribution in [2.45, 2.75) is 13.1 Å². The molecule has 1 heterocycles. The van der Waals surface area contributed by atoms with Crippen LogP contribution in [0.5, 0.6) is 0 Å². The number of benzene rings is 1. The molecule has 2 rings (SSSR count). The molecule has 0 amide bonds. The molecule has 1 aromatic heterocycles. The summed E-state index contributed by atoms with van der Waals surface area (Å²) in [4.78, 5) is 4.01. The third kappa shape index (κ3) is 1.85. The van der Waals surface area contributed by atoms with Crippen molar-refractivity contribution in [1.82, 2.24) is 4.98 Å². The minimum absolute atomic E-state index is 0.316. The van der Waals surface area contributed by atoms with Crippen molar-refractivity contribution in [2.75, 3.05) is 0 Å². The maximum Gasteiger partial charge on any atom is 0.416 e. The van der Waals surface area contributed by atoms with E-state index in [0.717, 1.165) is 12.1 Å². The highest BCUT2D eigenvalue weighted by Gasteiger charge is 2.30. The predicted octanol–water partition coefficient (Wildman–Crippen LogP) is 4.22. The zero-order valence-corrected chi connectivity index (χ0v) is 9.02. The van der Waals surface area contributed by atoms with Crippen molar-refractivity contribution in [3.8, 4) is 0 Å². The van der Waals surface area contributed by atoms with Crippen molar-refractivity contribution in [2.24, 2.45) is 0 Å². The lowest BCUT2D eigenvalue weighted by atomic mass is 10.1. The number of alkyl halides is 3. The maximum atomic E-state index is 12.5. The van der Waals surface area contributed by atoms with Crippen LogP contribution in [0, 0.1) is 6.92 Å². The summed E-state index contributed by atoms with van der Waals surface area (Å²) in [6, 6.07) is 3.35. The van der Waals surface area contributed by atoms with E-state index >= 15 is 0 Å². The van der Waals surface area contributed by atoms with Gasteiger partial charge in [0.15, 0.2) is 0 Å². The van der Waals surface area contributed by atoms with Crippen LogP contribution < -0.4 is 0 Å². The van der Waals surface area contributed by atoms with E-state index < -0.39 is 11.7 Å². The third-order valence-electron chi connectivity index (χ3n) is 2.30. The Morgan fingerprint density at radius 2 is 1.94 bits per heavy atom. The summed E-state index contributed by atoms with van der Waals surface area (Å²) < 4.78 is 37.5. The van der Waals surface area contributed by atoms with Gasteiger partial charge in [-0.2, -0.15) is 13.2 Å². The molecule has 0 bridgehead atoms. The van der Waals surface area contributed by atoms with Gasteiger partial charge in [0.05, 0.1) is 16.1 Å². The van der Waals surface area contributed by atoms with Gasteiger partial charge in [-0.15, -0.1) is 0 Å². The summed E-state index contributed by atoms with van der Waals surface area (Å²) in [6.45, 7) is 1.70. The number of halogens is 4. The molecule has 5 heteroatoms. The summed E-state index contributed by atoms with van der Waals surface area (Å²) in [7, 11) is 0. The molecule has 2 aromatic rings. The number of rotatable bonds is 0. The molecule has 0 spiro atoms. The fourth-order valence-electron chi connectivity index (χ4n) is 1.44. The Morgan fingerprint density at radius 1 is 1.25 bits per heavy atom. The molecule has 1 nitrogen and oxygen atoms in total. The van der Waals surface area contributed by atoms with Gasteiger partial charge < -0.3 is 0 Å². The van der Waals surface area contributed by atoms with Crippen molar-refractivity contribution >= 4 is 22.5 Å². The van der Waals surface area contributed by atoms with Gasteiger partial charge in [-0.05, 0) is 30.7 Å². The zero-order chi connectivity index (χ0) is 11.9. The third-order valence-corrected chi connectivity index (χ3v) is 2.81. The first-order chi connectivity index (χ1) is 7.39. The zero-order valence-electron chi connectivity index (χ0n) is 8.27. The highest BCUT2D eigenvalue weighted by molar-refractivity contribution is 6.36. The summed E-state index contributed by atoms with van der Waals surface area (Å²) in [5.74, 6) is 0. The van der Waals surface area contributed by atoms with E-state index in [4.69, 9.17) is 11.6 Å². The van der Waals surface area contributed by atoms with Crippen molar-refractivity contribution in [3.63, 3.8) is 0 Å². The molecular weight excluding hydrogens is 239 g/mol. The number of hydrogen-bond donors (Lipinski definition) is 0. The van der Waals surface area contributed by atoms with E-state index in [1.54, 1.807) is 6.92 Å². The molecule has 0 N–H and O–H groups in total. The van der Waals surface area contributed by atoms with Gasteiger partial charge in [-0.3, -0.25) is 4.98 Å². The average molecular weight is 246 g/mol. The Morgan fingerprint density at radius 3 is 2.56 bits per heavy atom. The largest absolute Gasteiger partial charge is 0.416 e. The lowest BCUT2D eigenvalue weighted by Gasteiger charge is -2.09. The number of nitrogens with zero attached hydrogens (tertiary/aromatic N) is 1. The van der Waals surface area contributed by atoms with Crippen LogP contribution in [0.3, 0.4) is 0 Å². The van der Waals surface area contributed by atoms with Crippen LogP contribution in [0.4, 0.5) is 13.2 Å². The lowest BCUT2D eigenvalue weighted by Crippen LogP contribution is -2.04. The topological polar surface area (TPSA) is 12.9 Å². The first-order valence-corrected chi connectivity index (χ1v) is 4.89. The van der Waals surface area contributed by atoms with Crippen LogP contribution >= 0.6 is 11.6 Å². The first kappa shape index (κ1) is 11.2. The van der Waals surface area contributed by atoms with Gasteiger partial charge in [-0.1, -0.05) is 11.6 Å². The van der Waals surface area contributed by atoms with Gasteiger partial charge in [0.25, 0.3) is 0 Å². The first-order valence-electron chi connectivity index (χ1n) is 4.51. The molecule has 16 heavy (non-hydrogen) atoms. The Bertz CT molecular complexity index is 549. The molecule has 0 saturated carbocycles. The minimum atomic E-state index is -4.36. The Hall–Kier alpha value is -1.29. The van der Waals surface area contributed by atoms with Gasteiger partial charge in [0.2, 0.25) is 0 Å². The van der Waals surface area contributed by atoms with Gasteiger partial charge in [0.1, 0.15) is 0 Å². The number of aromatic nitrogens is 1. The fraction of sp³-hybridized carbons (Fsp3) is 0.182. The fourth-order valence-corrected chi connectivity index (χ4v) is 1.64. The maximum absolute atomic E-state index is 12.5. The molecular formula is C11H7ClF3N. The quantitative estimate of drug-likeness (QED) is 0.677. The average Bonchev–Trinajstić information content (AvgIpc) is 2.22. The van der Waals surface area contributed by atoms with Gasteiger partial charge in [0, 0.05) is 11.6 Å². The monoisotopic (exact) mass is 245 g/mol. The molecule has 1 aromatic carbocycles. The van der Waals surface area contributed by atoms with E-state index in [9.17, 15) is 13.2 Å². The SMILES string of the molecule is Cc1cnc2ccc(C(F)(F)F)cc2c1Cl. The van der Waals surface area contributed by atoms with Gasteiger partial charge in [-0.25, -0.2) is 0 Å². The van der Waals surface area contributed by atoms with E-state index in [1.165, 1.54) is 12.3 Å². The van der Waals surface area contributed by atoms with Crippen molar-refractivity contribution in [3.05, 3.63) is 40.5 Å². The standard InChI is InChI=1S/C11H7ClF3N/c1-6-5-16-9-3-2-7(11(13,14)15)4-8(9)10(6)12/h2-5H,1H3. The van der Waals surface area contributed by atoms with Crippen LogP contribution in [0.2, 0.25) is 5.02 Å². The molecule has 84 valence electrons. The molecule has 0 aliphatic rings. The van der Waals surface area contributed by atoms with Crippen molar-refractivity contribution < 1.29 is 13.2 Å². The van der Waals surface area contributed by atoms with Crippen LogP contribution in [0.25, 0.3) is 10.9 Å². The van der Waals surface area contributed by atoms with Crippen LogP contribution in [0.1, 0.15) is 11.1 Å². The normalized spacial score (nSPS) is 12.1. The molecule has 0 fully saturated rings. The number of fused-ring (bicyclic) bond motifs is 1. The molecule has 0 aliphatic carbocycles. The summed E-state index contributed by atoms with van der Waals surface area (Å²) >= 11 is 5.94. The Labute approximate surface area is 94.9 Å². The lowest BCUT2D eigenvalue weighted by molar-refractivity contribution is -0.137. The molecule has 0 saturated heterocycles.